The number of halogens is 1. The Hall–Kier alpha value is -2.41. The normalized spacial score (nSPS) is 11.5. The monoisotopic (exact) mass is 465 g/mol. The minimum Gasteiger partial charge on any atom is -0.493 e. The molecule has 0 fully saturated rings. The lowest BCUT2D eigenvalue weighted by molar-refractivity contribution is 0.0939. The summed E-state index contributed by atoms with van der Waals surface area (Å²) in [6.07, 6.45) is 0. The third-order valence-corrected chi connectivity index (χ3v) is 4.78. The molecular formula is C22H28BrNO5. The molecule has 0 radical (unpaired) electrons. The van der Waals surface area contributed by atoms with E-state index >= 15 is 0 Å². The molecule has 7 heteroatoms. The molecule has 0 aliphatic heterocycles. The summed E-state index contributed by atoms with van der Waals surface area (Å²) < 4.78 is 22.9. The van der Waals surface area contributed by atoms with Crippen molar-refractivity contribution < 1.29 is 23.7 Å². The lowest BCUT2D eigenvalue weighted by Gasteiger charge is -2.18. The molecule has 158 valence electrons. The van der Waals surface area contributed by atoms with Gasteiger partial charge in [0.1, 0.15) is 0 Å². The highest BCUT2D eigenvalue weighted by molar-refractivity contribution is 9.10. The summed E-state index contributed by atoms with van der Waals surface area (Å²) in [5.41, 5.74) is 1.39. The van der Waals surface area contributed by atoms with Crippen molar-refractivity contribution >= 4 is 21.8 Å². The van der Waals surface area contributed by atoms with Crippen LogP contribution >= 0.6 is 15.9 Å². The van der Waals surface area contributed by atoms with Gasteiger partial charge in [0.2, 0.25) is 0 Å². The molecule has 0 heterocycles. The van der Waals surface area contributed by atoms with Gasteiger partial charge in [0.05, 0.1) is 37.4 Å². The van der Waals surface area contributed by atoms with Gasteiger partial charge in [0, 0.05) is 5.56 Å². The van der Waals surface area contributed by atoms with Crippen molar-refractivity contribution in [3.63, 3.8) is 0 Å². The number of ether oxygens (including phenoxy) is 4. The van der Waals surface area contributed by atoms with Gasteiger partial charge in [-0.1, -0.05) is 6.07 Å². The molecule has 29 heavy (non-hydrogen) atoms. The topological polar surface area (TPSA) is 66.0 Å². The average Bonchev–Trinajstić information content (AvgIpc) is 2.70. The third kappa shape index (κ3) is 5.79. The van der Waals surface area contributed by atoms with Crippen LogP contribution in [0.2, 0.25) is 0 Å². The zero-order chi connectivity index (χ0) is 21.4. The van der Waals surface area contributed by atoms with Gasteiger partial charge < -0.3 is 24.3 Å². The van der Waals surface area contributed by atoms with E-state index in [9.17, 15) is 4.79 Å². The van der Waals surface area contributed by atoms with Gasteiger partial charge in [0.25, 0.3) is 5.91 Å². The Morgan fingerprint density at radius 3 is 2.24 bits per heavy atom. The van der Waals surface area contributed by atoms with Crippen molar-refractivity contribution in [2.75, 3.05) is 26.9 Å². The first-order chi connectivity index (χ1) is 13.9. The molecule has 2 aromatic rings. The highest BCUT2D eigenvalue weighted by Gasteiger charge is 2.18. The Bertz CT molecular complexity index is 840. The number of rotatable bonds is 10. The van der Waals surface area contributed by atoms with Crippen molar-refractivity contribution in [2.45, 2.75) is 33.7 Å². The van der Waals surface area contributed by atoms with Gasteiger partial charge in [-0.3, -0.25) is 4.79 Å². The Morgan fingerprint density at radius 2 is 1.62 bits per heavy atom. The fourth-order valence-corrected chi connectivity index (χ4v) is 3.39. The van der Waals surface area contributed by atoms with Gasteiger partial charge in [-0.25, -0.2) is 0 Å². The van der Waals surface area contributed by atoms with E-state index in [1.54, 1.807) is 19.2 Å². The molecule has 0 aliphatic carbocycles. The van der Waals surface area contributed by atoms with Crippen LogP contribution in [0.1, 0.15) is 49.7 Å². The Morgan fingerprint density at radius 1 is 0.966 bits per heavy atom. The van der Waals surface area contributed by atoms with Crippen molar-refractivity contribution in [1.29, 1.82) is 0 Å². The second kappa shape index (κ2) is 11.0. The zero-order valence-corrected chi connectivity index (χ0v) is 19.1. The van der Waals surface area contributed by atoms with E-state index in [-0.39, 0.29) is 11.9 Å². The Balaban J connectivity index is 2.22. The average molecular weight is 466 g/mol. The highest BCUT2D eigenvalue weighted by atomic mass is 79.9. The number of hydrogen-bond donors (Lipinski definition) is 1. The standard InChI is InChI=1S/C22H28BrNO5/c1-6-27-18-10-9-15(12-19(18)28-7-2)14(4)24-22(25)16-11-17(23)21(29-8-3)20(13-16)26-5/h9-14H,6-8H2,1-5H3,(H,24,25). The first kappa shape index (κ1) is 22.9. The van der Waals surface area contributed by atoms with Crippen molar-refractivity contribution in [1.82, 2.24) is 5.32 Å². The van der Waals surface area contributed by atoms with E-state index in [1.165, 1.54) is 0 Å². The summed E-state index contributed by atoms with van der Waals surface area (Å²) in [5.74, 6) is 2.22. The molecule has 0 saturated carbocycles. The number of nitrogens with one attached hydrogen (secondary N) is 1. The quantitative estimate of drug-likeness (QED) is 0.525. The van der Waals surface area contributed by atoms with Crippen LogP contribution in [-0.2, 0) is 0 Å². The maximum absolute atomic E-state index is 12.8. The molecule has 1 atom stereocenters. The minimum absolute atomic E-state index is 0.216. The number of amides is 1. The second-order valence-electron chi connectivity index (χ2n) is 6.19. The van der Waals surface area contributed by atoms with Crippen LogP contribution in [0.3, 0.4) is 0 Å². The van der Waals surface area contributed by atoms with Crippen molar-refractivity contribution in [2.24, 2.45) is 0 Å². The number of hydrogen-bond acceptors (Lipinski definition) is 5. The van der Waals surface area contributed by atoms with Crippen molar-refractivity contribution in [3.8, 4) is 23.0 Å². The number of methoxy groups -OCH3 is 1. The Labute approximate surface area is 180 Å². The van der Waals surface area contributed by atoms with Crippen LogP contribution in [0.25, 0.3) is 0 Å². The van der Waals surface area contributed by atoms with E-state index in [0.717, 1.165) is 5.56 Å². The smallest absolute Gasteiger partial charge is 0.251 e. The van der Waals surface area contributed by atoms with Gasteiger partial charge in [-0.05, 0) is 73.5 Å². The summed E-state index contributed by atoms with van der Waals surface area (Å²) in [7, 11) is 1.55. The molecule has 1 unspecified atom stereocenters. The van der Waals surface area contributed by atoms with Crippen LogP contribution in [0.15, 0.2) is 34.8 Å². The third-order valence-electron chi connectivity index (χ3n) is 4.20. The summed E-state index contributed by atoms with van der Waals surface area (Å²) >= 11 is 3.45. The molecule has 0 spiro atoms. The maximum atomic E-state index is 12.8. The van der Waals surface area contributed by atoms with Gasteiger partial charge in [-0.15, -0.1) is 0 Å². The first-order valence-electron chi connectivity index (χ1n) is 9.65. The molecular weight excluding hydrogens is 438 g/mol. The predicted molar refractivity (Wildman–Crippen MR) is 117 cm³/mol. The highest BCUT2D eigenvalue weighted by Crippen LogP contribution is 2.37. The molecule has 2 aromatic carbocycles. The lowest BCUT2D eigenvalue weighted by atomic mass is 10.1. The molecule has 6 nitrogen and oxygen atoms in total. The van der Waals surface area contributed by atoms with E-state index in [4.69, 9.17) is 18.9 Å². The molecule has 1 amide bonds. The molecule has 0 saturated heterocycles. The number of benzene rings is 2. The molecule has 2 rings (SSSR count). The first-order valence-corrected chi connectivity index (χ1v) is 10.4. The van der Waals surface area contributed by atoms with E-state index in [2.05, 4.69) is 21.2 Å². The van der Waals surface area contributed by atoms with Crippen LogP contribution in [0.4, 0.5) is 0 Å². The van der Waals surface area contributed by atoms with Crippen LogP contribution in [0, 0.1) is 0 Å². The number of carbonyl (C=O) groups is 1. The summed E-state index contributed by atoms with van der Waals surface area (Å²) in [6.45, 7) is 9.24. The van der Waals surface area contributed by atoms with Gasteiger partial charge >= 0.3 is 0 Å². The van der Waals surface area contributed by atoms with Gasteiger partial charge in [-0.2, -0.15) is 0 Å². The van der Waals surface area contributed by atoms with Crippen molar-refractivity contribution in [3.05, 3.63) is 45.9 Å². The summed E-state index contributed by atoms with van der Waals surface area (Å²) in [5, 5.41) is 3.01. The van der Waals surface area contributed by atoms with Crippen LogP contribution in [0.5, 0.6) is 23.0 Å². The second-order valence-corrected chi connectivity index (χ2v) is 7.04. The molecule has 0 aliphatic rings. The maximum Gasteiger partial charge on any atom is 0.251 e. The fraction of sp³-hybridized carbons (Fsp3) is 0.409. The van der Waals surface area contributed by atoms with Gasteiger partial charge in [0.15, 0.2) is 23.0 Å². The number of carbonyl (C=O) groups excluding carboxylic acids is 1. The fourth-order valence-electron chi connectivity index (χ4n) is 2.84. The Kier molecular flexibility index (Phi) is 8.64. The van der Waals surface area contributed by atoms with Crippen LogP contribution < -0.4 is 24.3 Å². The lowest BCUT2D eigenvalue weighted by Crippen LogP contribution is -2.26. The zero-order valence-electron chi connectivity index (χ0n) is 17.5. The van der Waals surface area contributed by atoms with E-state index < -0.39 is 0 Å². The molecule has 0 bridgehead atoms. The predicted octanol–water partition coefficient (Wildman–Crippen LogP) is 5.14. The molecule has 0 aromatic heterocycles. The SMILES string of the molecule is CCOc1ccc(C(C)NC(=O)c2cc(Br)c(OCC)c(OC)c2)cc1OCC. The summed E-state index contributed by atoms with van der Waals surface area (Å²) in [4.78, 5) is 12.8. The largest absolute Gasteiger partial charge is 0.493 e. The van der Waals surface area contributed by atoms with E-state index in [0.29, 0.717) is 52.9 Å². The van der Waals surface area contributed by atoms with Crippen LogP contribution in [-0.4, -0.2) is 32.8 Å². The van der Waals surface area contributed by atoms with E-state index in [1.807, 2.05) is 45.9 Å². The summed E-state index contributed by atoms with van der Waals surface area (Å²) in [6, 6.07) is 8.85. The minimum atomic E-state index is -0.228. The molecule has 1 N–H and O–H groups in total.